The Bertz CT molecular complexity index is 2310. The molecule has 4 aromatic heterocycles. The highest BCUT2D eigenvalue weighted by molar-refractivity contribution is 6.35. The fourth-order valence-electron chi connectivity index (χ4n) is 7.02. The van der Waals surface area contributed by atoms with Crippen LogP contribution in [0.5, 0.6) is 5.75 Å². The number of pyridine rings is 1. The van der Waals surface area contributed by atoms with Crippen molar-refractivity contribution in [3.63, 3.8) is 0 Å². The number of benzene rings is 2. The number of rotatable bonds is 8. The summed E-state index contributed by atoms with van der Waals surface area (Å²) in [4.78, 5) is 32.4. The zero-order chi connectivity index (χ0) is 34.9. The van der Waals surface area contributed by atoms with E-state index >= 15 is 0 Å². The molecule has 1 aliphatic heterocycles. The monoisotopic (exact) mass is 699 g/mol. The minimum absolute atomic E-state index is 0.0868. The number of fused-ring (bicyclic) bond motifs is 4. The summed E-state index contributed by atoms with van der Waals surface area (Å²) in [5.74, 6) is -0.358. The van der Waals surface area contributed by atoms with Gasteiger partial charge in [-0.05, 0) is 94.5 Å². The van der Waals surface area contributed by atoms with Gasteiger partial charge in [0, 0.05) is 53.1 Å². The van der Waals surface area contributed by atoms with Gasteiger partial charge >= 0.3 is 5.97 Å². The first-order chi connectivity index (χ1) is 23.3. The van der Waals surface area contributed by atoms with Gasteiger partial charge in [0.05, 0.1) is 28.4 Å². The lowest BCUT2D eigenvalue weighted by Crippen LogP contribution is -2.43. The van der Waals surface area contributed by atoms with Crippen molar-refractivity contribution in [1.29, 1.82) is 0 Å². The average molecular weight is 701 g/mol. The maximum atomic E-state index is 14.7. The number of aryl methyl sites for hydroxylation is 5. The zero-order valence-electron chi connectivity index (χ0n) is 28.0. The maximum Gasteiger partial charge on any atom is 0.335 e. The molecule has 1 N–H and O–H groups in total. The van der Waals surface area contributed by atoms with Crippen LogP contribution in [0.4, 0.5) is 5.95 Å². The Balaban J connectivity index is 1.34. The number of carbonyl (C=O) groups is 2. The van der Waals surface area contributed by atoms with Crippen molar-refractivity contribution in [2.45, 2.75) is 53.5 Å². The lowest BCUT2D eigenvalue weighted by Gasteiger charge is -2.32. The van der Waals surface area contributed by atoms with Gasteiger partial charge in [-0.2, -0.15) is 10.1 Å². The van der Waals surface area contributed by atoms with Gasteiger partial charge in [-0.15, -0.1) is 5.10 Å². The Morgan fingerprint density at radius 3 is 2.45 bits per heavy atom. The van der Waals surface area contributed by atoms with E-state index in [9.17, 15) is 14.7 Å². The Morgan fingerprint density at radius 1 is 1.04 bits per heavy atom. The summed E-state index contributed by atoms with van der Waals surface area (Å²) in [5.41, 5.74) is 8.25. The highest BCUT2D eigenvalue weighted by atomic mass is 35.5. The largest absolute Gasteiger partial charge is 0.494 e. The molecule has 2 aromatic carbocycles. The van der Waals surface area contributed by atoms with Crippen LogP contribution < -0.4 is 9.64 Å². The van der Waals surface area contributed by atoms with E-state index < -0.39 is 5.97 Å². The normalized spacial score (nSPS) is 14.7. The van der Waals surface area contributed by atoms with E-state index in [4.69, 9.17) is 27.9 Å². The van der Waals surface area contributed by atoms with Crippen LogP contribution in [0.2, 0.25) is 10.0 Å². The second kappa shape index (κ2) is 12.2. The third-order valence-electron chi connectivity index (χ3n) is 9.38. The van der Waals surface area contributed by atoms with E-state index in [1.807, 2.05) is 63.7 Å². The average Bonchev–Trinajstić information content (AvgIpc) is 3.71. The maximum absolute atomic E-state index is 14.7. The standard InChI is InChI=1S/C36H35Cl2N7O4/c1-18-14-24(15-19(2)31(18)38)49-13-7-8-25-26-9-10-27(37)30(29-21(4)40-42(6)22(29)5)32(26)45-20(3)17-43(34(46)33(25)45)36-39-28-16-23(35(47)48)11-12-44(28)41-36/h9-12,14-16,20H,7-8,13,17H2,1-6H3,(H,47,48)/t20-/m1/s1. The van der Waals surface area contributed by atoms with Crippen molar-refractivity contribution in [2.75, 3.05) is 18.1 Å². The van der Waals surface area contributed by atoms with Crippen LogP contribution in [-0.4, -0.2) is 59.1 Å². The smallest absolute Gasteiger partial charge is 0.335 e. The van der Waals surface area contributed by atoms with Gasteiger partial charge in [0.1, 0.15) is 11.4 Å². The number of halogens is 2. The molecule has 7 rings (SSSR count). The zero-order valence-corrected chi connectivity index (χ0v) is 29.5. The Morgan fingerprint density at radius 2 is 1.78 bits per heavy atom. The Kier molecular flexibility index (Phi) is 8.15. The first kappa shape index (κ1) is 32.7. The van der Waals surface area contributed by atoms with Crippen LogP contribution in [0.15, 0.2) is 42.6 Å². The molecule has 49 heavy (non-hydrogen) atoms. The number of hydrogen-bond acceptors (Lipinski definition) is 6. The predicted octanol–water partition coefficient (Wildman–Crippen LogP) is 7.56. The fourth-order valence-corrected chi connectivity index (χ4v) is 7.38. The molecular formula is C36H35Cl2N7O4. The molecule has 1 amide bonds. The number of aromatic carboxylic acids is 1. The van der Waals surface area contributed by atoms with E-state index in [0.29, 0.717) is 42.4 Å². The molecule has 1 atom stereocenters. The van der Waals surface area contributed by atoms with Gasteiger partial charge in [-0.1, -0.05) is 29.3 Å². The Hall–Kier alpha value is -4.87. The molecule has 6 aromatic rings. The van der Waals surface area contributed by atoms with Crippen molar-refractivity contribution in [2.24, 2.45) is 7.05 Å². The van der Waals surface area contributed by atoms with Gasteiger partial charge in [0.15, 0.2) is 5.65 Å². The van der Waals surface area contributed by atoms with Crippen LogP contribution in [0, 0.1) is 27.7 Å². The first-order valence-corrected chi connectivity index (χ1v) is 16.8. The SMILES string of the molecule is Cc1cc(OCCCc2c3n(c4c(-c5c(C)nn(C)c5C)c(Cl)ccc24)[C@H](C)CN(c2nc4cc(C(=O)O)ccn4n2)C3=O)cc(C)c1Cl. The molecular weight excluding hydrogens is 665 g/mol. The lowest BCUT2D eigenvalue weighted by atomic mass is 9.98. The molecule has 0 fully saturated rings. The fraction of sp³-hybridized carbons (Fsp3) is 0.306. The highest BCUT2D eigenvalue weighted by Gasteiger charge is 2.38. The number of carboxylic acids is 1. The van der Waals surface area contributed by atoms with E-state index in [1.54, 1.807) is 4.90 Å². The van der Waals surface area contributed by atoms with Crippen LogP contribution >= 0.6 is 23.2 Å². The van der Waals surface area contributed by atoms with Gasteiger partial charge < -0.3 is 14.4 Å². The summed E-state index contributed by atoms with van der Waals surface area (Å²) in [5, 5.41) is 21.0. The molecule has 11 nitrogen and oxygen atoms in total. The van der Waals surface area contributed by atoms with E-state index in [-0.39, 0.29) is 23.5 Å². The summed E-state index contributed by atoms with van der Waals surface area (Å²) in [6.45, 7) is 10.7. The summed E-state index contributed by atoms with van der Waals surface area (Å²) in [6, 6.07) is 10.5. The number of anilines is 1. The number of hydrogen-bond donors (Lipinski definition) is 1. The highest BCUT2D eigenvalue weighted by Crippen LogP contribution is 2.45. The molecule has 0 bridgehead atoms. The predicted molar refractivity (Wildman–Crippen MR) is 190 cm³/mol. The van der Waals surface area contributed by atoms with E-state index in [2.05, 4.69) is 26.7 Å². The molecule has 0 saturated heterocycles. The summed E-state index contributed by atoms with van der Waals surface area (Å²) in [6.07, 6.45) is 2.73. The molecule has 252 valence electrons. The van der Waals surface area contributed by atoms with Gasteiger partial charge in [0.25, 0.3) is 11.9 Å². The van der Waals surface area contributed by atoms with Crippen molar-refractivity contribution in [3.05, 3.63) is 92.0 Å². The molecule has 13 heteroatoms. The molecule has 0 unspecified atom stereocenters. The minimum Gasteiger partial charge on any atom is -0.494 e. The number of ether oxygens (including phenoxy) is 1. The second-order valence-electron chi connectivity index (χ2n) is 12.7. The molecule has 5 heterocycles. The van der Waals surface area contributed by atoms with Crippen molar-refractivity contribution in [3.8, 4) is 16.9 Å². The second-order valence-corrected chi connectivity index (χ2v) is 13.5. The molecule has 1 aliphatic rings. The summed E-state index contributed by atoms with van der Waals surface area (Å²) >= 11 is 13.4. The number of carboxylic acid groups (broad SMARTS) is 1. The molecule has 0 saturated carbocycles. The van der Waals surface area contributed by atoms with Crippen LogP contribution in [0.25, 0.3) is 27.7 Å². The van der Waals surface area contributed by atoms with Crippen molar-refractivity contribution >= 4 is 57.6 Å². The first-order valence-electron chi connectivity index (χ1n) is 16.0. The summed E-state index contributed by atoms with van der Waals surface area (Å²) in [7, 11) is 1.91. The van der Waals surface area contributed by atoms with Gasteiger partial charge in [0.2, 0.25) is 0 Å². The van der Waals surface area contributed by atoms with Crippen LogP contribution in [0.1, 0.15) is 68.3 Å². The molecule has 0 spiro atoms. The number of carbonyl (C=O) groups excluding carboxylic acids is 1. The molecule has 0 radical (unpaired) electrons. The van der Waals surface area contributed by atoms with Gasteiger partial charge in [-0.25, -0.2) is 9.31 Å². The third kappa shape index (κ3) is 5.41. The third-order valence-corrected chi connectivity index (χ3v) is 10.3. The van der Waals surface area contributed by atoms with E-state index in [0.717, 1.165) is 60.9 Å². The summed E-state index contributed by atoms with van der Waals surface area (Å²) < 4.78 is 11.6. The topological polar surface area (TPSA) is 120 Å². The number of amides is 1. The lowest BCUT2D eigenvalue weighted by molar-refractivity contribution is 0.0696. The van der Waals surface area contributed by atoms with Crippen molar-refractivity contribution < 1.29 is 19.4 Å². The number of nitrogens with zero attached hydrogens (tertiary/aromatic N) is 7. The van der Waals surface area contributed by atoms with E-state index in [1.165, 1.54) is 22.8 Å². The number of aromatic nitrogens is 6. The van der Waals surface area contributed by atoms with Gasteiger partial charge in [-0.3, -0.25) is 14.4 Å². The van der Waals surface area contributed by atoms with Crippen molar-refractivity contribution in [1.82, 2.24) is 28.9 Å². The molecule has 0 aliphatic carbocycles. The Labute approximate surface area is 292 Å². The quantitative estimate of drug-likeness (QED) is 0.163. The van der Waals surface area contributed by atoms with Crippen LogP contribution in [0.3, 0.4) is 0 Å². The van der Waals surface area contributed by atoms with Crippen LogP contribution in [-0.2, 0) is 13.5 Å². The minimum atomic E-state index is -1.07.